The van der Waals surface area contributed by atoms with Crippen LogP contribution in [0.5, 0.6) is 5.75 Å². The second-order valence-corrected chi connectivity index (χ2v) is 5.38. The van der Waals surface area contributed by atoms with Crippen molar-refractivity contribution in [3.8, 4) is 5.75 Å². The van der Waals surface area contributed by atoms with Gasteiger partial charge in [-0.15, -0.1) is 0 Å². The Balaban J connectivity index is 2.50. The molecule has 2 N–H and O–H groups in total. The van der Waals surface area contributed by atoms with Crippen LogP contribution in [0, 0.1) is 5.92 Å². The van der Waals surface area contributed by atoms with Crippen molar-refractivity contribution in [2.75, 3.05) is 6.61 Å². The van der Waals surface area contributed by atoms with E-state index in [4.69, 9.17) is 9.84 Å². The van der Waals surface area contributed by atoms with Crippen molar-refractivity contribution in [1.29, 1.82) is 0 Å². The van der Waals surface area contributed by atoms with Gasteiger partial charge in [-0.3, -0.25) is 4.79 Å². The van der Waals surface area contributed by atoms with Crippen LogP contribution in [0.2, 0.25) is 0 Å². The number of carboxylic acids is 1. The summed E-state index contributed by atoms with van der Waals surface area (Å²) in [7, 11) is 0. The van der Waals surface area contributed by atoms with Gasteiger partial charge in [0.05, 0.1) is 0 Å². The molecule has 1 atom stereocenters. The second kappa shape index (κ2) is 8.29. The fourth-order valence-corrected chi connectivity index (χ4v) is 1.93. The number of carboxylic acid groups (broad SMARTS) is 1. The number of aryl methyl sites for hydroxylation is 1. The lowest BCUT2D eigenvalue weighted by Crippen LogP contribution is -2.43. The number of aliphatic carboxylic acids is 1. The Bertz CT molecular complexity index is 485. The van der Waals surface area contributed by atoms with Crippen molar-refractivity contribution in [2.24, 2.45) is 5.92 Å². The predicted molar refractivity (Wildman–Crippen MR) is 80.3 cm³/mol. The lowest BCUT2D eigenvalue weighted by atomic mass is 10.0. The fraction of sp³-hybridized carbons (Fsp3) is 0.500. The van der Waals surface area contributed by atoms with Crippen molar-refractivity contribution in [3.05, 3.63) is 29.8 Å². The first-order valence-electron chi connectivity index (χ1n) is 7.16. The lowest BCUT2D eigenvalue weighted by molar-refractivity contribution is -0.142. The molecule has 21 heavy (non-hydrogen) atoms. The van der Waals surface area contributed by atoms with Gasteiger partial charge in [0.25, 0.3) is 5.91 Å². The first-order chi connectivity index (χ1) is 9.92. The molecule has 0 unspecified atom stereocenters. The van der Waals surface area contributed by atoms with E-state index in [1.165, 1.54) is 0 Å². The molecule has 1 rings (SSSR count). The molecule has 0 bridgehead atoms. The third kappa shape index (κ3) is 6.29. The van der Waals surface area contributed by atoms with Crippen LogP contribution in [0.1, 0.15) is 32.8 Å². The smallest absolute Gasteiger partial charge is 0.326 e. The third-order valence-corrected chi connectivity index (χ3v) is 3.02. The van der Waals surface area contributed by atoms with E-state index in [-0.39, 0.29) is 12.5 Å². The second-order valence-electron chi connectivity index (χ2n) is 5.38. The van der Waals surface area contributed by atoms with E-state index in [2.05, 4.69) is 5.32 Å². The van der Waals surface area contributed by atoms with Crippen molar-refractivity contribution in [3.63, 3.8) is 0 Å². The predicted octanol–water partition coefficient (Wildman–Crippen LogP) is 2.24. The molecule has 116 valence electrons. The minimum atomic E-state index is -1.02. The largest absolute Gasteiger partial charge is 0.484 e. The summed E-state index contributed by atoms with van der Waals surface area (Å²) in [5, 5.41) is 11.6. The first kappa shape index (κ1) is 17.0. The van der Waals surface area contributed by atoms with Crippen molar-refractivity contribution >= 4 is 11.9 Å². The minimum absolute atomic E-state index is 0.185. The maximum absolute atomic E-state index is 11.8. The lowest BCUT2D eigenvalue weighted by Gasteiger charge is -2.16. The van der Waals surface area contributed by atoms with Crippen molar-refractivity contribution in [2.45, 2.75) is 39.7 Å². The number of carbonyl (C=O) groups is 2. The number of nitrogens with one attached hydrogen (secondary N) is 1. The van der Waals surface area contributed by atoms with Gasteiger partial charge in [0.15, 0.2) is 6.61 Å². The van der Waals surface area contributed by atoms with Crippen LogP contribution < -0.4 is 10.1 Å². The van der Waals surface area contributed by atoms with Gasteiger partial charge in [-0.05, 0) is 36.5 Å². The Morgan fingerprint density at radius 2 is 2.05 bits per heavy atom. The average molecular weight is 293 g/mol. The third-order valence-electron chi connectivity index (χ3n) is 3.02. The van der Waals surface area contributed by atoms with Gasteiger partial charge in [0.1, 0.15) is 11.8 Å². The molecule has 0 spiro atoms. The number of carbonyl (C=O) groups excluding carboxylic acids is 1. The summed E-state index contributed by atoms with van der Waals surface area (Å²) in [4.78, 5) is 22.8. The molecule has 5 heteroatoms. The number of hydrogen-bond acceptors (Lipinski definition) is 3. The summed E-state index contributed by atoms with van der Waals surface area (Å²) < 4.78 is 5.39. The number of hydrogen-bond donors (Lipinski definition) is 2. The maximum atomic E-state index is 11.8. The van der Waals surface area contributed by atoms with E-state index < -0.39 is 17.9 Å². The van der Waals surface area contributed by atoms with Crippen LogP contribution in [0.4, 0.5) is 0 Å². The first-order valence-corrected chi connectivity index (χ1v) is 7.16. The van der Waals surface area contributed by atoms with E-state index in [9.17, 15) is 9.59 Å². The normalized spacial score (nSPS) is 12.0. The van der Waals surface area contributed by atoms with Crippen LogP contribution in [0.15, 0.2) is 24.3 Å². The quantitative estimate of drug-likeness (QED) is 0.770. The highest BCUT2D eigenvalue weighted by Gasteiger charge is 2.21. The van der Waals surface area contributed by atoms with Gasteiger partial charge in [0.2, 0.25) is 0 Å². The number of rotatable bonds is 8. The van der Waals surface area contributed by atoms with Crippen LogP contribution in [0.25, 0.3) is 0 Å². The van der Waals surface area contributed by atoms with E-state index in [0.717, 1.165) is 12.0 Å². The molecule has 0 fully saturated rings. The molecule has 1 aromatic carbocycles. The average Bonchev–Trinajstić information content (AvgIpc) is 2.44. The maximum Gasteiger partial charge on any atom is 0.326 e. The molecule has 0 aromatic heterocycles. The zero-order chi connectivity index (χ0) is 15.8. The van der Waals surface area contributed by atoms with Gasteiger partial charge in [-0.2, -0.15) is 0 Å². The number of benzene rings is 1. The summed E-state index contributed by atoms with van der Waals surface area (Å²) >= 11 is 0. The highest BCUT2D eigenvalue weighted by atomic mass is 16.5. The zero-order valence-corrected chi connectivity index (χ0v) is 12.8. The summed E-state index contributed by atoms with van der Waals surface area (Å²) in [5.41, 5.74) is 1.12. The molecular weight excluding hydrogens is 270 g/mol. The van der Waals surface area contributed by atoms with Crippen molar-refractivity contribution < 1.29 is 19.4 Å². The Morgan fingerprint density at radius 3 is 2.62 bits per heavy atom. The van der Waals surface area contributed by atoms with E-state index >= 15 is 0 Å². The Kier molecular flexibility index (Phi) is 6.72. The molecule has 5 nitrogen and oxygen atoms in total. The SMILES string of the molecule is CCc1cccc(OCC(=O)N[C@H](CC(C)C)C(=O)O)c1. The molecule has 0 saturated heterocycles. The van der Waals surface area contributed by atoms with E-state index in [0.29, 0.717) is 12.2 Å². The highest BCUT2D eigenvalue weighted by molar-refractivity contribution is 5.84. The molecule has 0 heterocycles. The Hall–Kier alpha value is -2.04. The standard InChI is InChI=1S/C16H23NO4/c1-4-12-6-5-7-13(9-12)21-10-15(18)17-14(16(19)20)8-11(2)3/h5-7,9,11,14H,4,8,10H2,1-3H3,(H,17,18)(H,19,20)/t14-/m1/s1. The van der Waals surface area contributed by atoms with Crippen LogP contribution >= 0.6 is 0 Å². The van der Waals surface area contributed by atoms with Crippen molar-refractivity contribution in [1.82, 2.24) is 5.32 Å². The van der Waals surface area contributed by atoms with Gasteiger partial charge in [0, 0.05) is 0 Å². The molecule has 0 saturated carbocycles. The van der Waals surface area contributed by atoms with Gasteiger partial charge < -0.3 is 15.2 Å². The number of amides is 1. The van der Waals surface area contributed by atoms with Gasteiger partial charge >= 0.3 is 5.97 Å². The molecule has 0 radical (unpaired) electrons. The number of ether oxygens (including phenoxy) is 1. The fourth-order valence-electron chi connectivity index (χ4n) is 1.93. The topological polar surface area (TPSA) is 75.6 Å². The molecule has 1 amide bonds. The van der Waals surface area contributed by atoms with Gasteiger partial charge in [-0.25, -0.2) is 4.79 Å². The van der Waals surface area contributed by atoms with E-state index in [1.807, 2.05) is 39.0 Å². The Morgan fingerprint density at radius 1 is 1.33 bits per heavy atom. The molecule has 0 aliphatic rings. The Labute approximate surface area is 125 Å². The summed E-state index contributed by atoms with van der Waals surface area (Å²) in [6.45, 7) is 5.67. The molecular formula is C16H23NO4. The molecule has 1 aromatic rings. The zero-order valence-electron chi connectivity index (χ0n) is 12.8. The molecule has 0 aliphatic heterocycles. The summed E-state index contributed by atoms with van der Waals surface area (Å²) in [5.74, 6) is -0.649. The monoisotopic (exact) mass is 293 g/mol. The van der Waals surface area contributed by atoms with Crippen LogP contribution in [-0.2, 0) is 16.0 Å². The highest BCUT2D eigenvalue weighted by Crippen LogP contribution is 2.13. The van der Waals surface area contributed by atoms with E-state index in [1.54, 1.807) is 6.07 Å². The van der Waals surface area contributed by atoms with Crippen LogP contribution in [0.3, 0.4) is 0 Å². The summed E-state index contributed by atoms with van der Waals surface area (Å²) in [6.07, 6.45) is 1.28. The minimum Gasteiger partial charge on any atom is -0.484 e. The van der Waals surface area contributed by atoms with Crippen LogP contribution in [-0.4, -0.2) is 29.6 Å². The summed E-state index contributed by atoms with van der Waals surface area (Å²) in [6, 6.07) is 6.62. The molecule has 0 aliphatic carbocycles. The van der Waals surface area contributed by atoms with Gasteiger partial charge in [-0.1, -0.05) is 32.9 Å².